The molecular formula is C15H20ClF3N2. The number of alkyl halides is 3. The van der Waals surface area contributed by atoms with Crippen LogP contribution >= 0.6 is 11.6 Å². The third kappa shape index (κ3) is 3.82. The number of hydrogen-bond acceptors (Lipinski definition) is 2. The van der Waals surface area contributed by atoms with E-state index in [1.807, 2.05) is 4.90 Å². The predicted molar refractivity (Wildman–Crippen MR) is 78.6 cm³/mol. The number of pyridine rings is 1. The average Bonchev–Trinajstić information content (AvgIpc) is 2.36. The van der Waals surface area contributed by atoms with Crippen LogP contribution in [0.4, 0.5) is 19.0 Å². The third-order valence-electron chi connectivity index (χ3n) is 4.09. The first-order valence-electron chi connectivity index (χ1n) is 7.06. The Balaban J connectivity index is 2.22. The van der Waals surface area contributed by atoms with Gasteiger partial charge < -0.3 is 4.90 Å². The fourth-order valence-electron chi connectivity index (χ4n) is 2.69. The molecule has 0 radical (unpaired) electrons. The lowest BCUT2D eigenvalue weighted by Crippen LogP contribution is -2.41. The third-order valence-corrected chi connectivity index (χ3v) is 4.37. The van der Waals surface area contributed by atoms with Gasteiger partial charge in [-0.1, -0.05) is 32.4 Å². The topological polar surface area (TPSA) is 16.1 Å². The maximum Gasteiger partial charge on any atom is 0.417 e. The molecule has 0 N–H and O–H groups in total. The lowest BCUT2D eigenvalue weighted by Gasteiger charge is -2.40. The minimum absolute atomic E-state index is 0.0689. The molecule has 1 aromatic rings. The first kappa shape index (κ1) is 16.4. The van der Waals surface area contributed by atoms with Gasteiger partial charge in [0.25, 0.3) is 0 Å². The Labute approximate surface area is 128 Å². The molecule has 1 aliphatic rings. The van der Waals surface area contributed by atoms with E-state index < -0.39 is 11.7 Å². The summed E-state index contributed by atoms with van der Waals surface area (Å²) in [5.41, 5.74) is -0.641. The van der Waals surface area contributed by atoms with Crippen LogP contribution in [0.15, 0.2) is 12.3 Å². The molecule has 2 nitrogen and oxygen atoms in total. The fraction of sp³-hybridized carbons (Fsp3) is 0.667. The highest BCUT2D eigenvalue weighted by atomic mass is 35.5. The van der Waals surface area contributed by atoms with Gasteiger partial charge >= 0.3 is 6.18 Å². The Morgan fingerprint density at radius 1 is 1.29 bits per heavy atom. The van der Waals surface area contributed by atoms with E-state index in [0.717, 1.165) is 38.2 Å². The van der Waals surface area contributed by atoms with E-state index in [4.69, 9.17) is 11.6 Å². The van der Waals surface area contributed by atoms with Gasteiger partial charge in [0.05, 0.1) is 10.6 Å². The standard InChI is InChI=1S/C15H20ClF3N2/c1-14(2,3)10-5-4-6-21(9-10)13-12(16)7-11(8-20-13)15(17,18)19/h7-8,10H,4-6,9H2,1-3H3. The number of rotatable bonds is 1. The van der Waals surface area contributed by atoms with Crippen LogP contribution in [0.3, 0.4) is 0 Å². The second kappa shape index (κ2) is 5.67. The molecule has 1 aliphatic heterocycles. The van der Waals surface area contributed by atoms with Gasteiger partial charge in [0.1, 0.15) is 5.82 Å². The quantitative estimate of drug-likeness (QED) is 0.722. The molecule has 1 aromatic heterocycles. The summed E-state index contributed by atoms with van der Waals surface area (Å²) in [4.78, 5) is 5.96. The summed E-state index contributed by atoms with van der Waals surface area (Å²) >= 11 is 6.03. The van der Waals surface area contributed by atoms with E-state index in [1.54, 1.807) is 0 Å². The molecule has 2 rings (SSSR count). The lowest BCUT2D eigenvalue weighted by molar-refractivity contribution is -0.137. The van der Waals surface area contributed by atoms with Crippen molar-refractivity contribution in [3.8, 4) is 0 Å². The number of aromatic nitrogens is 1. The summed E-state index contributed by atoms with van der Waals surface area (Å²) < 4.78 is 37.9. The summed E-state index contributed by atoms with van der Waals surface area (Å²) in [6, 6.07) is 0.963. The van der Waals surface area contributed by atoms with Crippen LogP contribution in [-0.4, -0.2) is 18.1 Å². The molecule has 1 fully saturated rings. The highest BCUT2D eigenvalue weighted by Gasteiger charge is 2.34. The molecule has 0 bridgehead atoms. The Kier molecular flexibility index (Phi) is 4.43. The van der Waals surface area contributed by atoms with Crippen LogP contribution in [0.1, 0.15) is 39.2 Å². The van der Waals surface area contributed by atoms with Gasteiger partial charge in [-0.3, -0.25) is 0 Å². The van der Waals surface area contributed by atoms with Gasteiger partial charge in [0, 0.05) is 19.3 Å². The summed E-state index contributed by atoms with van der Waals surface area (Å²) in [5.74, 6) is 0.935. The summed E-state index contributed by atoms with van der Waals surface area (Å²) in [6.45, 7) is 8.11. The summed E-state index contributed by atoms with van der Waals surface area (Å²) in [6.07, 6.45) is -1.42. The Hall–Kier alpha value is -0.970. The largest absolute Gasteiger partial charge is 0.417 e. The molecule has 0 spiro atoms. The summed E-state index contributed by atoms with van der Waals surface area (Å²) in [5, 5.41) is 0.0689. The summed E-state index contributed by atoms with van der Waals surface area (Å²) in [7, 11) is 0. The minimum atomic E-state index is -4.41. The van der Waals surface area contributed by atoms with Crippen LogP contribution in [0.2, 0.25) is 5.02 Å². The SMILES string of the molecule is CC(C)(C)C1CCCN(c2ncc(C(F)(F)F)cc2Cl)C1. The molecule has 118 valence electrons. The van der Waals surface area contributed by atoms with Gasteiger partial charge in [-0.2, -0.15) is 13.2 Å². The molecule has 21 heavy (non-hydrogen) atoms. The molecule has 2 heterocycles. The number of halogens is 4. The Morgan fingerprint density at radius 2 is 1.95 bits per heavy atom. The lowest BCUT2D eigenvalue weighted by atomic mass is 9.76. The van der Waals surface area contributed by atoms with E-state index in [-0.39, 0.29) is 10.4 Å². The van der Waals surface area contributed by atoms with Crippen molar-refractivity contribution in [2.24, 2.45) is 11.3 Å². The van der Waals surface area contributed by atoms with Crippen molar-refractivity contribution in [1.82, 2.24) is 4.98 Å². The van der Waals surface area contributed by atoms with Crippen molar-refractivity contribution < 1.29 is 13.2 Å². The normalized spacial score (nSPS) is 20.7. The highest BCUT2D eigenvalue weighted by molar-refractivity contribution is 6.33. The number of piperidine rings is 1. The molecule has 0 saturated carbocycles. The van der Waals surface area contributed by atoms with E-state index in [1.165, 1.54) is 0 Å². The molecular weight excluding hydrogens is 301 g/mol. The van der Waals surface area contributed by atoms with Crippen molar-refractivity contribution in [2.75, 3.05) is 18.0 Å². The van der Waals surface area contributed by atoms with Crippen LogP contribution < -0.4 is 4.90 Å². The van der Waals surface area contributed by atoms with Gasteiger partial charge in [-0.05, 0) is 30.2 Å². The zero-order valence-electron chi connectivity index (χ0n) is 12.5. The van der Waals surface area contributed by atoms with E-state index in [2.05, 4.69) is 25.8 Å². The Bertz CT molecular complexity index is 509. The highest BCUT2D eigenvalue weighted by Crippen LogP contribution is 2.38. The average molecular weight is 321 g/mol. The first-order valence-corrected chi connectivity index (χ1v) is 7.44. The number of anilines is 1. The van der Waals surface area contributed by atoms with Gasteiger partial charge in [0.15, 0.2) is 0 Å². The molecule has 6 heteroatoms. The molecule has 1 unspecified atom stereocenters. The fourth-order valence-corrected chi connectivity index (χ4v) is 2.98. The first-order chi connectivity index (χ1) is 9.59. The minimum Gasteiger partial charge on any atom is -0.355 e. The maximum atomic E-state index is 12.6. The van der Waals surface area contributed by atoms with Crippen molar-refractivity contribution in [1.29, 1.82) is 0 Å². The van der Waals surface area contributed by atoms with E-state index in [0.29, 0.717) is 11.7 Å². The monoisotopic (exact) mass is 320 g/mol. The van der Waals surface area contributed by atoms with Gasteiger partial charge in [-0.25, -0.2) is 4.98 Å². The van der Waals surface area contributed by atoms with Crippen LogP contribution in [0, 0.1) is 11.3 Å². The molecule has 0 aliphatic carbocycles. The van der Waals surface area contributed by atoms with Crippen LogP contribution in [0.5, 0.6) is 0 Å². The molecule has 0 amide bonds. The van der Waals surface area contributed by atoms with E-state index in [9.17, 15) is 13.2 Å². The Morgan fingerprint density at radius 3 is 2.48 bits per heavy atom. The second-order valence-electron chi connectivity index (χ2n) is 6.68. The van der Waals surface area contributed by atoms with Crippen molar-refractivity contribution >= 4 is 17.4 Å². The van der Waals surface area contributed by atoms with Crippen molar-refractivity contribution in [3.05, 3.63) is 22.8 Å². The van der Waals surface area contributed by atoms with Gasteiger partial charge in [-0.15, -0.1) is 0 Å². The number of hydrogen-bond donors (Lipinski definition) is 0. The smallest absolute Gasteiger partial charge is 0.355 e. The van der Waals surface area contributed by atoms with Crippen LogP contribution in [-0.2, 0) is 6.18 Å². The molecule has 1 saturated heterocycles. The molecule has 1 atom stereocenters. The maximum absolute atomic E-state index is 12.6. The van der Waals surface area contributed by atoms with Crippen molar-refractivity contribution in [2.45, 2.75) is 39.8 Å². The molecule has 0 aromatic carbocycles. The zero-order valence-corrected chi connectivity index (χ0v) is 13.2. The predicted octanol–water partition coefficient (Wildman–Crippen LogP) is 5.02. The van der Waals surface area contributed by atoms with Crippen LogP contribution in [0.25, 0.3) is 0 Å². The number of nitrogens with zero attached hydrogens (tertiary/aromatic N) is 2. The van der Waals surface area contributed by atoms with Crippen molar-refractivity contribution in [3.63, 3.8) is 0 Å². The second-order valence-corrected chi connectivity index (χ2v) is 7.09. The van der Waals surface area contributed by atoms with E-state index >= 15 is 0 Å². The zero-order chi connectivity index (χ0) is 15.8. The van der Waals surface area contributed by atoms with Gasteiger partial charge in [0.2, 0.25) is 0 Å².